The lowest BCUT2D eigenvalue weighted by atomic mass is 10.0. The maximum atomic E-state index is 12.5. The van der Waals surface area contributed by atoms with Crippen molar-refractivity contribution in [3.63, 3.8) is 0 Å². The van der Waals surface area contributed by atoms with Crippen LogP contribution in [0, 0.1) is 0 Å². The quantitative estimate of drug-likeness (QED) is 0.0321. The molecule has 3 N–H and O–H groups in total. The molecule has 0 bridgehead atoms. The molecule has 71 heavy (non-hydrogen) atoms. The van der Waals surface area contributed by atoms with Crippen molar-refractivity contribution in [2.75, 3.05) is 13.2 Å². The second kappa shape index (κ2) is 60.6. The van der Waals surface area contributed by atoms with E-state index in [9.17, 15) is 19.8 Å². The minimum absolute atomic E-state index is 0.0163. The Hall–Kier alpha value is -1.92. The van der Waals surface area contributed by atoms with E-state index >= 15 is 0 Å². The second-order valence-corrected chi connectivity index (χ2v) is 21.7. The van der Waals surface area contributed by atoms with Gasteiger partial charge in [-0.1, -0.05) is 301 Å². The van der Waals surface area contributed by atoms with E-state index in [-0.39, 0.29) is 18.5 Å². The number of esters is 1. The van der Waals surface area contributed by atoms with Gasteiger partial charge in [-0.2, -0.15) is 0 Å². The molecule has 1 amide bonds. The van der Waals surface area contributed by atoms with Crippen molar-refractivity contribution in [3.05, 3.63) is 36.5 Å². The predicted molar refractivity (Wildman–Crippen MR) is 310 cm³/mol. The minimum Gasteiger partial charge on any atom is -0.466 e. The SMILES string of the molecule is CCCCCC/C=C\C/C=C\CCCCCCCC(=O)OCCCCCCCCCCCCCCCCC(=O)NC(CO)C(O)/C=C/CCCCCCCCCCCCCCCCCCCCCCCC. The number of hydrogen-bond acceptors (Lipinski definition) is 5. The van der Waals surface area contributed by atoms with Crippen LogP contribution >= 0.6 is 0 Å². The summed E-state index contributed by atoms with van der Waals surface area (Å²) in [6.07, 6.45) is 76.1. The average molecular weight is 999 g/mol. The summed E-state index contributed by atoms with van der Waals surface area (Å²) < 4.78 is 5.47. The first-order chi connectivity index (χ1) is 35.0. The molecular weight excluding hydrogens is 875 g/mol. The standard InChI is InChI=1S/C65H123NO5/c1-3-5-7-9-11-13-15-17-19-21-22-23-24-25-26-27-28-29-33-37-41-45-49-53-57-63(68)62(61-67)66-64(69)58-54-50-46-42-38-34-31-32-36-40-44-48-52-56-60-71-65(70)59-55-51-47-43-39-35-30-20-18-16-14-12-10-8-6-4-2/h14,16,20,30,53,57,62-63,67-68H,3-13,15,17-19,21-29,31-52,54-56,58-61H2,1-2H3,(H,66,69)/b16-14-,30-20-,57-53+. The van der Waals surface area contributed by atoms with Gasteiger partial charge in [0.2, 0.25) is 5.91 Å². The Morgan fingerprint density at radius 3 is 1.08 bits per heavy atom. The first-order valence-electron chi connectivity index (χ1n) is 31.8. The normalized spacial score (nSPS) is 12.8. The fourth-order valence-electron chi connectivity index (χ4n) is 9.78. The average Bonchev–Trinajstić information content (AvgIpc) is 3.37. The Labute approximate surface area is 443 Å². The van der Waals surface area contributed by atoms with E-state index in [4.69, 9.17) is 4.74 Å². The Bertz CT molecular complexity index is 1150. The maximum absolute atomic E-state index is 12.5. The molecule has 0 aliphatic heterocycles. The zero-order valence-corrected chi connectivity index (χ0v) is 47.7. The van der Waals surface area contributed by atoms with E-state index in [1.807, 2.05) is 6.08 Å². The van der Waals surface area contributed by atoms with Gasteiger partial charge in [-0.3, -0.25) is 9.59 Å². The van der Waals surface area contributed by atoms with Crippen LogP contribution in [0.4, 0.5) is 0 Å². The largest absolute Gasteiger partial charge is 0.466 e. The lowest BCUT2D eigenvalue weighted by molar-refractivity contribution is -0.143. The van der Waals surface area contributed by atoms with Crippen molar-refractivity contribution in [1.82, 2.24) is 5.32 Å². The molecule has 0 aliphatic rings. The first kappa shape index (κ1) is 69.1. The number of aliphatic hydroxyl groups is 2. The molecule has 0 saturated carbocycles. The zero-order chi connectivity index (χ0) is 51.4. The monoisotopic (exact) mass is 998 g/mol. The number of amides is 1. The molecule has 2 atom stereocenters. The highest BCUT2D eigenvalue weighted by Gasteiger charge is 2.18. The molecule has 0 spiro atoms. The fourth-order valence-corrected chi connectivity index (χ4v) is 9.78. The molecule has 0 fully saturated rings. The van der Waals surface area contributed by atoms with Crippen LogP contribution in [0.25, 0.3) is 0 Å². The third kappa shape index (κ3) is 57.2. The van der Waals surface area contributed by atoms with Crippen LogP contribution in [-0.2, 0) is 14.3 Å². The number of allylic oxidation sites excluding steroid dienone is 5. The van der Waals surface area contributed by atoms with Gasteiger partial charge < -0.3 is 20.3 Å². The van der Waals surface area contributed by atoms with Crippen LogP contribution in [0.5, 0.6) is 0 Å². The number of hydrogen-bond donors (Lipinski definition) is 3. The number of carbonyl (C=O) groups is 2. The molecule has 0 aromatic carbocycles. The summed E-state index contributed by atoms with van der Waals surface area (Å²) in [4.78, 5) is 24.6. The molecular formula is C65H123NO5. The Kier molecular flexibility index (Phi) is 59.0. The minimum atomic E-state index is -0.854. The van der Waals surface area contributed by atoms with Gasteiger partial charge in [0.15, 0.2) is 0 Å². The Morgan fingerprint density at radius 2 is 0.704 bits per heavy atom. The lowest BCUT2D eigenvalue weighted by Crippen LogP contribution is -2.45. The molecule has 0 radical (unpaired) electrons. The topological polar surface area (TPSA) is 95.9 Å². The second-order valence-electron chi connectivity index (χ2n) is 21.7. The summed E-state index contributed by atoms with van der Waals surface area (Å²) in [7, 11) is 0. The number of carbonyl (C=O) groups excluding carboxylic acids is 2. The van der Waals surface area contributed by atoms with Gasteiger partial charge in [-0.05, 0) is 64.2 Å². The number of unbranched alkanes of at least 4 members (excludes halogenated alkanes) is 44. The van der Waals surface area contributed by atoms with E-state index in [1.54, 1.807) is 6.08 Å². The molecule has 2 unspecified atom stereocenters. The van der Waals surface area contributed by atoms with Crippen molar-refractivity contribution < 1.29 is 24.5 Å². The number of ether oxygens (including phenoxy) is 1. The van der Waals surface area contributed by atoms with Crippen LogP contribution in [0.1, 0.15) is 341 Å². The van der Waals surface area contributed by atoms with Crippen molar-refractivity contribution >= 4 is 11.9 Å². The van der Waals surface area contributed by atoms with E-state index in [0.717, 1.165) is 64.2 Å². The molecule has 0 aliphatic carbocycles. The van der Waals surface area contributed by atoms with Crippen LogP contribution in [-0.4, -0.2) is 47.4 Å². The van der Waals surface area contributed by atoms with Crippen LogP contribution in [0.15, 0.2) is 36.5 Å². The van der Waals surface area contributed by atoms with Gasteiger partial charge in [-0.15, -0.1) is 0 Å². The van der Waals surface area contributed by atoms with Crippen molar-refractivity contribution in [2.24, 2.45) is 0 Å². The van der Waals surface area contributed by atoms with E-state index in [2.05, 4.69) is 43.5 Å². The van der Waals surface area contributed by atoms with Gasteiger partial charge in [0, 0.05) is 12.8 Å². The van der Waals surface area contributed by atoms with Crippen LogP contribution < -0.4 is 5.32 Å². The van der Waals surface area contributed by atoms with Crippen LogP contribution in [0.2, 0.25) is 0 Å². The smallest absolute Gasteiger partial charge is 0.305 e. The maximum Gasteiger partial charge on any atom is 0.305 e. The van der Waals surface area contributed by atoms with Crippen LogP contribution in [0.3, 0.4) is 0 Å². The van der Waals surface area contributed by atoms with Crippen molar-refractivity contribution in [2.45, 2.75) is 353 Å². The molecule has 0 rings (SSSR count). The van der Waals surface area contributed by atoms with Gasteiger partial charge in [0.05, 0.1) is 25.4 Å². The highest BCUT2D eigenvalue weighted by atomic mass is 16.5. The molecule has 0 heterocycles. The third-order valence-corrected chi connectivity index (χ3v) is 14.7. The molecule has 0 saturated heterocycles. The number of nitrogens with one attached hydrogen (secondary N) is 1. The molecule has 0 aromatic rings. The van der Waals surface area contributed by atoms with Gasteiger partial charge in [-0.25, -0.2) is 0 Å². The molecule has 6 heteroatoms. The highest BCUT2D eigenvalue weighted by Crippen LogP contribution is 2.18. The molecule has 418 valence electrons. The van der Waals surface area contributed by atoms with Crippen molar-refractivity contribution in [1.29, 1.82) is 0 Å². The molecule has 0 aromatic heterocycles. The summed E-state index contributed by atoms with van der Waals surface area (Å²) >= 11 is 0. The Balaban J connectivity index is 3.47. The number of aliphatic hydroxyl groups excluding tert-OH is 2. The van der Waals surface area contributed by atoms with Gasteiger partial charge >= 0.3 is 5.97 Å². The number of rotatable bonds is 59. The summed E-state index contributed by atoms with van der Waals surface area (Å²) in [6, 6.07) is -0.638. The zero-order valence-electron chi connectivity index (χ0n) is 47.7. The van der Waals surface area contributed by atoms with Crippen molar-refractivity contribution in [3.8, 4) is 0 Å². The fraction of sp³-hybridized carbons (Fsp3) is 0.877. The highest BCUT2D eigenvalue weighted by molar-refractivity contribution is 5.76. The van der Waals surface area contributed by atoms with E-state index in [1.165, 1.54) is 250 Å². The summed E-state index contributed by atoms with van der Waals surface area (Å²) in [6.45, 7) is 4.88. The van der Waals surface area contributed by atoms with E-state index in [0.29, 0.717) is 19.4 Å². The lowest BCUT2D eigenvalue weighted by Gasteiger charge is -2.20. The van der Waals surface area contributed by atoms with Gasteiger partial charge in [0.25, 0.3) is 0 Å². The summed E-state index contributed by atoms with van der Waals surface area (Å²) in [5, 5.41) is 23.2. The summed E-state index contributed by atoms with van der Waals surface area (Å²) in [5.74, 6) is -0.0924. The first-order valence-corrected chi connectivity index (χ1v) is 31.8. The molecule has 6 nitrogen and oxygen atoms in total. The Morgan fingerprint density at radius 1 is 0.394 bits per heavy atom. The summed E-state index contributed by atoms with van der Waals surface area (Å²) in [5.41, 5.74) is 0. The van der Waals surface area contributed by atoms with Gasteiger partial charge in [0.1, 0.15) is 0 Å². The predicted octanol–water partition coefficient (Wildman–Crippen LogP) is 20.0. The third-order valence-electron chi connectivity index (χ3n) is 14.7. The van der Waals surface area contributed by atoms with E-state index < -0.39 is 12.1 Å².